The Morgan fingerprint density at radius 3 is 2.85 bits per heavy atom. The van der Waals surface area contributed by atoms with E-state index in [4.69, 9.17) is 9.47 Å². The van der Waals surface area contributed by atoms with Gasteiger partial charge in [-0.2, -0.15) is 0 Å². The molecule has 3 heterocycles. The van der Waals surface area contributed by atoms with Crippen molar-refractivity contribution in [2.75, 3.05) is 26.3 Å². The lowest BCUT2D eigenvalue weighted by atomic mass is 10.0. The number of rotatable bonds is 5. The van der Waals surface area contributed by atoms with Crippen molar-refractivity contribution in [3.63, 3.8) is 0 Å². The predicted molar refractivity (Wildman–Crippen MR) is 126 cm³/mol. The molecule has 2 aliphatic rings. The number of nitrogens with zero attached hydrogens (tertiary/aromatic N) is 2. The summed E-state index contributed by atoms with van der Waals surface area (Å²) in [4.78, 5) is 33.0. The summed E-state index contributed by atoms with van der Waals surface area (Å²) < 4.78 is 24.9. The highest BCUT2D eigenvalue weighted by Crippen LogP contribution is 2.32. The lowest BCUT2D eigenvalue weighted by molar-refractivity contribution is 0.0276. The van der Waals surface area contributed by atoms with E-state index in [2.05, 4.69) is 10.3 Å². The van der Waals surface area contributed by atoms with Gasteiger partial charge < -0.3 is 19.7 Å². The van der Waals surface area contributed by atoms with Crippen molar-refractivity contribution in [1.29, 1.82) is 0 Å². The normalized spacial score (nSPS) is 17.2. The first-order chi connectivity index (χ1) is 16.5. The summed E-state index contributed by atoms with van der Waals surface area (Å²) in [6.45, 7) is 3.32. The zero-order valence-electron chi connectivity index (χ0n) is 18.7. The zero-order valence-corrected chi connectivity index (χ0v) is 19.5. The second-order valence-electron chi connectivity index (χ2n) is 8.20. The van der Waals surface area contributed by atoms with Gasteiger partial charge in [-0.1, -0.05) is 24.3 Å². The van der Waals surface area contributed by atoms with Crippen LogP contribution in [-0.4, -0.2) is 54.2 Å². The number of aromatic nitrogens is 1. The number of carbonyl (C=O) groups excluding carboxylic acids is 2. The number of carbonyl (C=O) groups is 2. The average molecular weight is 482 g/mol. The highest BCUT2D eigenvalue weighted by atomic mass is 32.1. The van der Waals surface area contributed by atoms with Gasteiger partial charge in [-0.05, 0) is 49.1 Å². The summed E-state index contributed by atoms with van der Waals surface area (Å²) in [6, 6.07) is 11.6. The predicted octanol–water partition coefficient (Wildman–Crippen LogP) is 3.81. The molecule has 34 heavy (non-hydrogen) atoms. The number of thiazole rings is 1. The molecule has 2 amide bonds. The van der Waals surface area contributed by atoms with Crippen molar-refractivity contribution in [3.05, 3.63) is 70.1 Å². The molecule has 9 heteroatoms. The number of fused-ring (bicyclic) bond motifs is 1. The van der Waals surface area contributed by atoms with E-state index in [0.717, 1.165) is 29.0 Å². The monoisotopic (exact) mass is 481 g/mol. The lowest BCUT2D eigenvalue weighted by Crippen LogP contribution is -2.44. The maximum absolute atomic E-state index is 13.4. The summed E-state index contributed by atoms with van der Waals surface area (Å²) >= 11 is 1.38. The molecule has 0 spiro atoms. The first-order valence-corrected chi connectivity index (χ1v) is 12.0. The largest absolute Gasteiger partial charge is 0.492 e. The van der Waals surface area contributed by atoms with Crippen molar-refractivity contribution >= 4 is 23.2 Å². The second kappa shape index (κ2) is 9.52. The molecule has 1 unspecified atom stereocenters. The number of hydrogen-bond acceptors (Lipinski definition) is 6. The van der Waals surface area contributed by atoms with Crippen LogP contribution < -0.4 is 10.1 Å². The lowest BCUT2D eigenvalue weighted by Gasteiger charge is -2.24. The number of para-hydroxylation sites is 1. The van der Waals surface area contributed by atoms with Crippen molar-refractivity contribution in [1.82, 2.24) is 15.2 Å². The Bertz CT molecular complexity index is 1230. The van der Waals surface area contributed by atoms with Crippen LogP contribution in [0.15, 0.2) is 42.5 Å². The number of amides is 2. The molecule has 1 fully saturated rings. The topological polar surface area (TPSA) is 80.8 Å². The summed E-state index contributed by atoms with van der Waals surface area (Å²) in [5.41, 5.74) is 2.55. The number of halogens is 1. The van der Waals surface area contributed by atoms with Crippen molar-refractivity contribution in [2.45, 2.75) is 26.0 Å². The van der Waals surface area contributed by atoms with Crippen molar-refractivity contribution in [3.8, 4) is 16.2 Å². The number of benzene rings is 2. The van der Waals surface area contributed by atoms with E-state index in [9.17, 15) is 14.0 Å². The average Bonchev–Trinajstić information content (AvgIpc) is 3.49. The Morgan fingerprint density at radius 1 is 1.21 bits per heavy atom. The summed E-state index contributed by atoms with van der Waals surface area (Å²) in [6.07, 6.45) is 1.20. The molecule has 0 bridgehead atoms. The van der Waals surface area contributed by atoms with Gasteiger partial charge in [0.2, 0.25) is 0 Å². The van der Waals surface area contributed by atoms with Crippen LogP contribution in [0.25, 0.3) is 10.4 Å². The van der Waals surface area contributed by atoms with Crippen LogP contribution in [0, 0.1) is 12.7 Å². The van der Waals surface area contributed by atoms with Gasteiger partial charge in [0.15, 0.2) is 0 Å². The highest BCUT2D eigenvalue weighted by molar-refractivity contribution is 7.15. The maximum Gasteiger partial charge on any atom is 0.276 e. The van der Waals surface area contributed by atoms with Gasteiger partial charge in [-0.3, -0.25) is 9.59 Å². The minimum Gasteiger partial charge on any atom is -0.492 e. The molecule has 5 rings (SSSR count). The molecule has 176 valence electrons. The Balaban J connectivity index is 1.31. The van der Waals surface area contributed by atoms with Crippen molar-refractivity contribution in [2.24, 2.45) is 0 Å². The van der Waals surface area contributed by atoms with Gasteiger partial charge in [0.25, 0.3) is 11.8 Å². The molecule has 0 radical (unpaired) electrons. The smallest absolute Gasteiger partial charge is 0.276 e. The van der Waals surface area contributed by atoms with E-state index in [1.807, 2.05) is 19.1 Å². The quantitative estimate of drug-likeness (QED) is 0.600. The van der Waals surface area contributed by atoms with E-state index in [1.165, 1.54) is 23.5 Å². The van der Waals surface area contributed by atoms with E-state index >= 15 is 0 Å². The fraction of sp³-hybridized carbons (Fsp3) is 0.320. The van der Waals surface area contributed by atoms with Crippen LogP contribution in [0.3, 0.4) is 0 Å². The highest BCUT2D eigenvalue weighted by Gasteiger charge is 2.34. The van der Waals surface area contributed by atoms with Gasteiger partial charge in [0, 0.05) is 6.54 Å². The van der Waals surface area contributed by atoms with Crippen LogP contribution in [0.1, 0.15) is 37.8 Å². The molecule has 1 N–H and O–H groups in total. The summed E-state index contributed by atoms with van der Waals surface area (Å²) in [7, 11) is 0. The number of ether oxygens (including phenoxy) is 2. The molecule has 1 aromatic heterocycles. The Labute approximate surface area is 200 Å². The minimum absolute atomic E-state index is 0.142. The van der Waals surface area contributed by atoms with Crippen LogP contribution in [0.4, 0.5) is 4.39 Å². The first kappa shape index (κ1) is 22.5. The molecule has 3 aromatic rings. The zero-order chi connectivity index (χ0) is 23.7. The van der Waals surface area contributed by atoms with Gasteiger partial charge in [-0.25, -0.2) is 9.37 Å². The molecule has 2 aliphatic heterocycles. The molecule has 0 saturated carbocycles. The molecule has 1 atom stereocenters. The van der Waals surface area contributed by atoms with E-state index in [0.29, 0.717) is 41.6 Å². The molecule has 2 aromatic carbocycles. The third kappa shape index (κ3) is 4.41. The van der Waals surface area contributed by atoms with Crippen LogP contribution >= 0.6 is 11.3 Å². The Morgan fingerprint density at radius 2 is 2.03 bits per heavy atom. The minimum atomic E-state index is -0.611. The first-order valence-electron chi connectivity index (χ1n) is 11.2. The number of nitrogens with one attached hydrogen (secondary N) is 1. The molecular weight excluding hydrogens is 457 g/mol. The maximum atomic E-state index is 13.4. The second-order valence-corrected chi connectivity index (χ2v) is 9.40. The number of aryl methyl sites for hydroxylation is 2. The van der Waals surface area contributed by atoms with Gasteiger partial charge in [-0.15, -0.1) is 11.3 Å². The Kier molecular flexibility index (Phi) is 6.30. The van der Waals surface area contributed by atoms with E-state index in [1.54, 1.807) is 23.1 Å². The third-order valence-corrected chi connectivity index (χ3v) is 6.93. The van der Waals surface area contributed by atoms with Gasteiger partial charge in [0.05, 0.1) is 35.2 Å². The molecule has 7 nitrogen and oxygen atoms in total. The third-order valence-electron chi connectivity index (χ3n) is 5.91. The van der Waals surface area contributed by atoms with Crippen LogP contribution in [0.5, 0.6) is 5.75 Å². The summed E-state index contributed by atoms with van der Waals surface area (Å²) in [5.74, 6) is -0.251. The van der Waals surface area contributed by atoms with E-state index < -0.39 is 6.23 Å². The van der Waals surface area contributed by atoms with E-state index in [-0.39, 0.29) is 24.2 Å². The fourth-order valence-electron chi connectivity index (χ4n) is 4.27. The van der Waals surface area contributed by atoms with Crippen molar-refractivity contribution < 1.29 is 23.5 Å². The molecule has 0 aliphatic carbocycles. The standard InChI is InChI=1S/C25H24FN3O4S/c1-15-28-21(23(34-15)17-7-9-18(26)10-8-17)25(31)29-11-13-32-20(29)14-27-24(30)19-6-2-4-16-5-3-12-33-22(16)19/h2,4,6-10,20H,3,5,11-14H2,1H3,(H,27,30). The van der Waals surface area contributed by atoms with Gasteiger partial charge >= 0.3 is 0 Å². The number of hydrogen-bond donors (Lipinski definition) is 1. The molecule has 1 saturated heterocycles. The Hall–Kier alpha value is -3.30. The van der Waals surface area contributed by atoms with Crippen LogP contribution in [-0.2, 0) is 11.2 Å². The van der Waals surface area contributed by atoms with Gasteiger partial charge in [0.1, 0.15) is 23.5 Å². The van der Waals surface area contributed by atoms with Crippen LogP contribution in [0.2, 0.25) is 0 Å². The molecular formula is C25H24FN3O4S. The fourth-order valence-corrected chi connectivity index (χ4v) is 5.19. The SMILES string of the molecule is Cc1nc(C(=O)N2CCOC2CNC(=O)c2cccc3c2OCCC3)c(-c2ccc(F)cc2)s1. The summed E-state index contributed by atoms with van der Waals surface area (Å²) in [5, 5.41) is 3.63.